The molecule has 42 heavy (non-hydrogen) atoms. The highest BCUT2D eigenvalue weighted by Crippen LogP contribution is 2.41. The summed E-state index contributed by atoms with van der Waals surface area (Å²) in [6.07, 6.45) is 7.84. The molecule has 3 fully saturated rings. The number of likely N-dealkylation sites (tertiary alicyclic amines) is 1. The minimum absolute atomic E-state index is 0.0170. The normalized spacial score (nSPS) is 25.5. The van der Waals surface area contributed by atoms with Gasteiger partial charge in [0.25, 0.3) is 5.91 Å². The number of rotatable bonds is 8. The summed E-state index contributed by atoms with van der Waals surface area (Å²) < 4.78 is 6.60. The van der Waals surface area contributed by atoms with Crippen LogP contribution in [0.15, 0.2) is 29.9 Å². The molecule has 2 aliphatic carbocycles. The average Bonchev–Trinajstić information content (AvgIpc) is 3.52. The van der Waals surface area contributed by atoms with Crippen LogP contribution in [0, 0.1) is 17.8 Å². The number of hydrogen-bond acceptors (Lipinski definition) is 7. The van der Waals surface area contributed by atoms with Crippen LogP contribution >= 0.6 is 11.3 Å². The molecule has 0 bridgehead atoms. The number of nitrogens with one attached hydrogen (secondary N) is 2. The van der Waals surface area contributed by atoms with Gasteiger partial charge >= 0.3 is 0 Å². The van der Waals surface area contributed by atoms with Crippen molar-refractivity contribution in [1.29, 1.82) is 0 Å². The molecule has 1 saturated heterocycles. The number of amides is 4. The summed E-state index contributed by atoms with van der Waals surface area (Å²) in [5.41, 5.74) is 3.68. The van der Waals surface area contributed by atoms with E-state index < -0.39 is 6.04 Å². The lowest BCUT2D eigenvalue weighted by Crippen LogP contribution is -2.50. The fourth-order valence-electron chi connectivity index (χ4n) is 6.81. The second-order valence-corrected chi connectivity index (χ2v) is 12.8. The Kier molecular flexibility index (Phi) is 8.46. The molecule has 0 spiro atoms. The number of benzene rings is 1. The molecule has 3 unspecified atom stereocenters. The molecule has 224 valence electrons. The number of nitrogens with zero attached hydrogens (tertiary/aromatic N) is 3. The molecular formula is C31H39N5O5S. The van der Waals surface area contributed by atoms with Crippen molar-refractivity contribution in [3.8, 4) is 5.75 Å². The third-order valence-corrected chi connectivity index (χ3v) is 9.99. The molecular weight excluding hydrogens is 554 g/mol. The Morgan fingerprint density at radius 2 is 1.83 bits per heavy atom. The van der Waals surface area contributed by atoms with E-state index in [9.17, 15) is 19.2 Å². The monoisotopic (exact) mass is 593 g/mol. The van der Waals surface area contributed by atoms with Crippen LogP contribution in [-0.4, -0.2) is 77.7 Å². The summed E-state index contributed by atoms with van der Waals surface area (Å²) in [5.74, 6) is -0.0681. The second-order valence-electron chi connectivity index (χ2n) is 11.9. The van der Waals surface area contributed by atoms with Gasteiger partial charge in [0.1, 0.15) is 16.7 Å². The second kappa shape index (κ2) is 12.4. The minimum atomic E-state index is -0.399. The standard InChI is InChI=1S/C31H39N5O5S/c1-32-29(38)22-6-2-3-7-23(22)30(39)36-14-11-19-5-4-8-25(27(19)24(36)15-34-28(37)20-9-10-20)41-21-12-13-35(17-21)31(40)26-16-33-18-42-26/h4-5,8,16,18,20-24H,2-3,6-7,9-15,17H2,1H3,(H,32,38)(H,34,37)/t21?,22?,23?,24-/m1/s1. The maximum atomic E-state index is 14.2. The molecule has 6 rings (SSSR count). The molecule has 2 N–H and O–H groups in total. The molecule has 2 saturated carbocycles. The van der Waals surface area contributed by atoms with Gasteiger partial charge in [-0.3, -0.25) is 24.2 Å². The lowest BCUT2D eigenvalue weighted by Gasteiger charge is -2.42. The van der Waals surface area contributed by atoms with Crippen molar-refractivity contribution in [2.75, 3.05) is 33.2 Å². The van der Waals surface area contributed by atoms with Crippen molar-refractivity contribution >= 4 is 35.0 Å². The summed E-state index contributed by atoms with van der Waals surface area (Å²) >= 11 is 1.33. The first-order chi connectivity index (χ1) is 20.4. The topological polar surface area (TPSA) is 121 Å². The predicted octanol–water partition coefficient (Wildman–Crippen LogP) is 2.94. The summed E-state index contributed by atoms with van der Waals surface area (Å²) in [4.78, 5) is 61.0. The van der Waals surface area contributed by atoms with Crippen molar-refractivity contribution in [2.24, 2.45) is 17.8 Å². The third-order valence-electron chi connectivity index (χ3n) is 9.22. The van der Waals surface area contributed by atoms with E-state index in [1.54, 1.807) is 23.7 Å². The van der Waals surface area contributed by atoms with Crippen LogP contribution in [0.2, 0.25) is 0 Å². The van der Waals surface area contributed by atoms with E-state index in [0.717, 1.165) is 36.8 Å². The lowest BCUT2D eigenvalue weighted by atomic mass is 9.77. The van der Waals surface area contributed by atoms with E-state index >= 15 is 0 Å². The van der Waals surface area contributed by atoms with Gasteiger partial charge in [-0.2, -0.15) is 0 Å². The van der Waals surface area contributed by atoms with Gasteiger partial charge in [0, 0.05) is 56.4 Å². The molecule has 1 aromatic carbocycles. The van der Waals surface area contributed by atoms with E-state index in [1.807, 2.05) is 17.0 Å². The van der Waals surface area contributed by atoms with E-state index in [1.165, 1.54) is 11.3 Å². The largest absolute Gasteiger partial charge is 0.488 e. The zero-order valence-corrected chi connectivity index (χ0v) is 24.9. The Labute approximate surface area is 250 Å². The fraction of sp³-hybridized carbons (Fsp3) is 0.581. The Balaban J connectivity index is 1.25. The van der Waals surface area contributed by atoms with Crippen molar-refractivity contribution in [3.63, 3.8) is 0 Å². The lowest BCUT2D eigenvalue weighted by molar-refractivity contribution is -0.146. The SMILES string of the molecule is CNC(=O)C1CCCCC1C(=O)N1CCc2cccc(OC3CCN(C(=O)c4cncs4)C3)c2[C@H]1CNC(=O)C1CC1. The van der Waals surface area contributed by atoms with Gasteiger partial charge in [0.15, 0.2) is 0 Å². The van der Waals surface area contributed by atoms with Gasteiger partial charge < -0.3 is 25.2 Å². The first kappa shape index (κ1) is 28.6. The van der Waals surface area contributed by atoms with E-state index in [4.69, 9.17) is 4.74 Å². The molecule has 3 heterocycles. The number of carbonyl (C=O) groups is 4. The summed E-state index contributed by atoms with van der Waals surface area (Å²) in [7, 11) is 1.63. The highest BCUT2D eigenvalue weighted by atomic mass is 32.1. The zero-order valence-electron chi connectivity index (χ0n) is 24.0. The van der Waals surface area contributed by atoms with Gasteiger partial charge in [-0.25, -0.2) is 0 Å². The predicted molar refractivity (Wildman–Crippen MR) is 157 cm³/mol. The first-order valence-corrected chi connectivity index (χ1v) is 16.1. The molecule has 0 radical (unpaired) electrons. The quantitative estimate of drug-likeness (QED) is 0.486. The minimum Gasteiger partial charge on any atom is -0.488 e. The van der Waals surface area contributed by atoms with Gasteiger partial charge in [0.05, 0.1) is 24.3 Å². The average molecular weight is 594 g/mol. The molecule has 4 amide bonds. The van der Waals surface area contributed by atoms with Crippen LogP contribution in [-0.2, 0) is 20.8 Å². The van der Waals surface area contributed by atoms with Crippen molar-refractivity contribution in [1.82, 2.24) is 25.4 Å². The zero-order chi connectivity index (χ0) is 29.2. The summed E-state index contributed by atoms with van der Waals surface area (Å²) in [5, 5.41) is 5.88. The number of fused-ring (bicyclic) bond motifs is 1. The highest BCUT2D eigenvalue weighted by Gasteiger charge is 2.42. The van der Waals surface area contributed by atoms with Gasteiger partial charge in [-0.1, -0.05) is 25.0 Å². The van der Waals surface area contributed by atoms with Crippen molar-refractivity contribution in [2.45, 2.75) is 63.5 Å². The van der Waals surface area contributed by atoms with Gasteiger partial charge in [-0.15, -0.1) is 11.3 Å². The maximum absolute atomic E-state index is 14.2. The van der Waals surface area contributed by atoms with E-state index in [0.29, 0.717) is 62.5 Å². The Bertz CT molecular complexity index is 1330. The summed E-state index contributed by atoms with van der Waals surface area (Å²) in [6, 6.07) is 5.58. The molecule has 1 aromatic heterocycles. The number of ether oxygens (including phenoxy) is 1. The molecule has 10 nitrogen and oxygen atoms in total. The fourth-order valence-corrected chi connectivity index (χ4v) is 7.40. The van der Waals surface area contributed by atoms with Gasteiger partial charge in [0.2, 0.25) is 17.7 Å². The van der Waals surface area contributed by atoms with Crippen LogP contribution < -0.4 is 15.4 Å². The maximum Gasteiger partial charge on any atom is 0.265 e. The van der Waals surface area contributed by atoms with Crippen LogP contribution in [0.25, 0.3) is 0 Å². The first-order valence-electron chi connectivity index (χ1n) is 15.2. The Morgan fingerprint density at radius 1 is 1.02 bits per heavy atom. The van der Waals surface area contributed by atoms with Gasteiger partial charge in [-0.05, 0) is 43.7 Å². The molecule has 11 heteroatoms. The summed E-state index contributed by atoms with van der Waals surface area (Å²) in [6.45, 7) is 1.90. The highest BCUT2D eigenvalue weighted by molar-refractivity contribution is 7.11. The van der Waals surface area contributed by atoms with Crippen LogP contribution in [0.4, 0.5) is 0 Å². The molecule has 2 aliphatic heterocycles. The van der Waals surface area contributed by atoms with E-state index in [2.05, 4.69) is 21.7 Å². The molecule has 4 atom stereocenters. The number of thiazole rings is 1. The molecule has 2 aromatic rings. The van der Waals surface area contributed by atoms with Crippen molar-refractivity contribution < 1.29 is 23.9 Å². The van der Waals surface area contributed by atoms with Crippen LogP contribution in [0.1, 0.15) is 71.8 Å². The molecule has 4 aliphatic rings. The number of aromatic nitrogens is 1. The third kappa shape index (κ3) is 5.88. The Morgan fingerprint density at radius 3 is 2.57 bits per heavy atom. The van der Waals surface area contributed by atoms with E-state index in [-0.39, 0.29) is 47.5 Å². The van der Waals surface area contributed by atoms with Crippen LogP contribution in [0.3, 0.4) is 0 Å². The van der Waals surface area contributed by atoms with Crippen LogP contribution in [0.5, 0.6) is 5.75 Å². The number of carbonyl (C=O) groups excluding carboxylic acids is 4. The number of hydrogen-bond donors (Lipinski definition) is 2. The smallest absolute Gasteiger partial charge is 0.265 e. The Hall–Kier alpha value is -3.47. The van der Waals surface area contributed by atoms with Crippen molar-refractivity contribution in [3.05, 3.63) is 45.9 Å².